The monoisotopic (exact) mass is 348 g/mol. The van der Waals surface area contributed by atoms with Crippen LogP contribution in [0.25, 0.3) is 0 Å². The van der Waals surface area contributed by atoms with E-state index in [1.54, 1.807) is 19.2 Å². The molecule has 2 aromatic rings. The second kappa shape index (κ2) is 6.91. The Morgan fingerprint density at radius 1 is 1.00 bits per heavy atom. The summed E-state index contributed by atoms with van der Waals surface area (Å²) in [6.07, 6.45) is 0.573. The molecule has 2 aromatic carbocycles. The SMILES string of the molecule is COc1cc(Cl)c(C(Cl)Cc2ccccc2Cl)cc1Cl. The molecule has 5 heteroatoms. The molecule has 2 rings (SSSR count). The third-order valence-electron chi connectivity index (χ3n) is 2.97. The summed E-state index contributed by atoms with van der Waals surface area (Å²) in [5.41, 5.74) is 1.73. The second-order valence-corrected chi connectivity index (χ2v) is 6.02. The summed E-state index contributed by atoms with van der Waals surface area (Å²) in [4.78, 5) is 0. The number of benzene rings is 2. The Balaban J connectivity index is 2.28. The summed E-state index contributed by atoms with van der Waals surface area (Å²) in [5.74, 6) is 0.530. The zero-order valence-corrected chi connectivity index (χ0v) is 13.7. The molecular formula is C15H12Cl4O. The fraction of sp³-hybridized carbons (Fsp3) is 0.200. The van der Waals surface area contributed by atoms with Gasteiger partial charge in [0.2, 0.25) is 0 Å². The lowest BCUT2D eigenvalue weighted by Gasteiger charge is -2.14. The van der Waals surface area contributed by atoms with E-state index in [9.17, 15) is 0 Å². The van der Waals surface area contributed by atoms with E-state index >= 15 is 0 Å². The predicted molar refractivity (Wildman–Crippen MR) is 86.8 cm³/mol. The molecule has 0 N–H and O–H groups in total. The maximum atomic E-state index is 6.44. The average molecular weight is 350 g/mol. The molecule has 0 aliphatic carbocycles. The Morgan fingerprint density at radius 2 is 1.70 bits per heavy atom. The van der Waals surface area contributed by atoms with Gasteiger partial charge in [0.15, 0.2) is 0 Å². The van der Waals surface area contributed by atoms with Gasteiger partial charge in [-0.2, -0.15) is 0 Å². The number of ether oxygens (including phenoxy) is 1. The van der Waals surface area contributed by atoms with Crippen LogP contribution in [0.5, 0.6) is 5.75 Å². The van der Waals surface area contributed by atoms with Crippen LogP contribution in [0.2, 0.25) is 15.1 Å². The molecule has 0 radical (unpaired) electrons. The average Bonchev–Trinajstić information content (AvgIpc) is 2.43. The van der Waals surface area contributed by atoms with E-state index < -0.39 is 0 Å². The van der Waals surface area contributed by atoms with Gasteiger partial charge in [-0.3, -0.25) is 0 Å². The molecule has 0 spiro atoms. The van der Waals surface area contributed by atoms with Crippen LogP contribution in [0.1, 0.15) is 16.5 Å². The highest BCUT2D eigenvalue weighted by Crippen LogP contribution is 2.38. The molecule has 0 saturated heterocycles. The van der Waals surface area contributed by atoms with Crippen molar-refractivity contribution in [3.05, 3.63) is 62.6 Å². The Hall–Kier alpha value is -0.600. The van der Waals surface area contributed by atoms with E-state index in [1.165, 1.54) is 0 Å². The summed E-state index contributed by atoms with van der Waals surface area (Å²) in [6, 6.07) is 11.0. The minimum atomic E-state index is -0.314. The van der Waals surface area contributed by atoms with Crippen molar-refractivity contribution in [2.45, 2.75) is 11.8 Å². The van der Waals surface area contributed by atoms with Gasteiger partial charge in [-0.25, -0.2) is 0 Å². The lowest BCUT2D eigenvalue weighted by atomic mass is 10.0. The van der Waals surface area contributed by atoms with E-state index in [4.69, 9.17) is 51.1 Å². The van der Waals surface area contributed by atoms with Crippen molar-refractivity contribution in [1.29, 1.82) is 0 Å². The van der Waals surface area contributed by atoms with E-state index in [0.717, 1.165) is 11.1 Å². The van der Waals surface area contributed by atoms with Gasteiger partial charge in [0.05, 0.1) is 17.5 Å². The van der Waals surface area contributed by atoms with E-state index in [0.29, 0.717) is 27.2 Å². The zero-order valence-electron chi connectivity index (χ0n) is 10.7. The molecule has 1 atom stereocenters. The third-order valence-corrected chi connectivity index (χ3v) is 4.35. The van der Waals surface area contributed by atoms with Crippen molar-refractivity contribution in [1.82, 2.24) is 0 Å². The predicted octanol–water partition coefficient (Wildman–Crippen LogP) is 6.18. The van der Waals surface area contributed by atoms with Gasteiger partial charge in [-0.1, -0.05) is 53.0 Å². The van der Waals surface area contributed by atoms with Gasteiger partial charge in [-0.15, -0.1) is 11.6 Å². The summed E-state index contributed by atoms with van der Waals surface area (Å²) >= 11 is 24.9. The van der Waals surface area contributed by atoms with Crippen LogP contribution in [0.4, 0.5) is 0 Å². The van der Waals surface area contributed by atoms with Crippen molar-refractivity contribution in [3.8, 4) is 5.75 Å². The molecule has 0 aliphatic rings. The Kier molecular flexibility index (Phi) is 5.45. The van der Waals surface area contributed by atoms with Crippen LogP contribution in [-0.2, 0) is 6.42 Å². The molecule has 20 heavy (non-hydrogen) atoms. The number of alkyl halides is 1. The van der Waals surface area contributed by atoms with E-state index in [1.807, 2.05) is 24.3 Å². The zero-order chi connectivity index (χ0) is 14.7. The van der Waals surface area contributed by atoms with E-state index in [2.05, 4.69) is 0 Å². The Bertz CT molecular complexity index is 613. The van der Waals surface area contributed by atoms with Crippen LogP contribution in [-0.4, -0.2) is 7.11 Å². The van der Waals surface area contributed by atoms with Crippen molar-refractivity contribution in [3.63, 3.8) is 0 Å². The highest BCUT2D eigenvalue weighted by atomic mass is 35.5. The highest BCUT2D eigenvalue weighted by molar-refractivity contribution is 6.35. The van der Waals surface area contributed by atoms with Gasteiger partial charge in [0.1, 0.15) is 5.75 Å². The number of halogens is 4. The van der Waals surface area contributed by atoms with Gasteiger partial charge >= 0.3 is 0 Å². The molecule has 0 amide bonds. The molecule has 0 saturated carbocycles. The first kappa shape index (κ1) is 15.8. The maximum Gasteiger partial charge on any atom is 0.138 e. The standard InChI is InChI=1S/C15H12Cl4O/c1-20-15-8-13(18)10(7-14(15)19)12(17)6-9-4-2-3-5-11(9)16/h2-5,7-8,12H,6H2,1H3. The lowest BCUT2D eigenvalue weighted by Crippen LogP contribution is -1.98. The van der Waals surface area contributed by atoms with Gasteiger partial charge in [0.25, 0.3) is 0 Å². The number of hydrogen-bond donors (Lipinski definition) is 0. The molecular weight excluding hydrogens is 338 g/mol. The Morgan fingerprint density at radius 3 is 2.35 bits per heavy atom. The van der Waals surface area contributed by atoms with Crippen molar-refractivity contribution >= 4 is 46.4 Å². The third kappa shape index (κ3) is 3.53. The summed E-state index contributed by atoms with van der Waals surface area (Å²) in [5, 5.41) is 1.38. The fourth-order valence-electron chi connectivity index (χ4n) is 1.91. The lowest BCUT2D eigenvalue weighted by molar-refractivity contribution is 0.415. The number of rotatable bonds is 4. The highest BCUT2D eigenvalue weighted by Gasteiger charge is 2.17. The minimum Gasteiger partial charge on any atom is -0.495 e. The first-order valence-electron chi connectivity index (χ1n) is 5.93. The van der Waals surface area contributed by atoms with Crippen LogP contribution in [0.15, 0.2) is 36.4 Å². The number of methoxy groups -OCH3 is 1. The van der Waals surface area contributed by atoms with Crippen LogP contribution >= 0.6 is 46.4 Å². The first-order chi connectivity index (χ1) is 9.52. The van der Waals surface area contributed by atoms with Crippen LogP contribution in [0.3, 0.4) is 0 Å². The number of hydrogen-bond acceptors (Lipinski definition) is 1. The molecule has 0 heterocycles. The van der Waals surface area contributed by atoms with Gasteiger partial charge in [-0.05, 0) is 29.7 Å². The molecule has 0 fully saturated rings. The Labute approximate surface area is 138 Å². The molecule has 0 aromatic heterocycles. The van der Waals surface area contributed by atoms with Crippen molar-refractivity contribution in [2.75, 3.05) is 7.11 Å². The summed E-state index contributed by atoms with van der Waals surface area (Å²) in [6.45, 7) is 0. The van der Waals surface area contributed by atoms with Crippen molar-refractivity contribution in [2.24, 2.45) is 0 Å². The summed E-state index contributed by atoms with van der Waals surface area (Å²) < 4.78 is 5.12. The van der Waals surface area contributed by atoms with Gasteiger partial charge < -0.3 is 4.74 Å². The largest absolute Gasteiger partial charge is 0.495 e. The first-order valence-corrected chi connectivity index (χ1v) is 7.50. The molecule has 0 bridgehead atoms. The summed E-state index contributed by atoms with van der Waals surface area (Å²) in [7, 11) is 1.54. The quantitative estimate of drug-likeness (QED) is 0.599. The minimum absolute atomic E-state index is 0.314. The van der Waals surface area contributed by atoms with E-state index in [-0.39, 0.29) is 5.38 Å². The maximum absolute atomic E-state index is 6.44. The molecule has 106 valence electrons. The molecule has 1 unspecified atom stereocenters. The fourth-order valence-corrected chi connectivity index (χ4v) is 3.06. The van der Waals surface area contributed by atoms with Crippen LogP contribution in [0, 0.1) is 0 Å². The normalized spacial score (nSPS) is 12.2. The van der Waals surface area contributed by atoms with Gasteiger partial charge in [0, 0.05) is 16.1 Å². The molecule has 0 aliphatic heterocycles. The molecule has 1 nitrogen and oxygen atoms in total. The smallest absolute Gasteiger partial charge is 0.138 e. The topological polar surface area (TPSA) is 9.23 Å². The van der Waals surface area contributed by atoms with Crippen molar-refractivity contribution < 1.29 is 4.74 Å². The second-order valence-electron chi connectivity index (χ2n) is 4.27. The van der Waals surface area contributed by atoms with Crippen LogP contribution < -0.4 is 4.74 Å².